The lowest BCUT2D eigenvalue weighted by Crippen LogP contribution is -2.49. The van der Waals surface area contributed by atoms with Crippen molar-refractivity contribution >= 4 is 33.2 Å². The van der Waals surface area contributed by atoms with Crippen molar-refractivity contribution in [3.63, 3.8) is 0 Å². The van der Waals surface area contributed by atoms with Crippen LogP contribution < -0.4 is 5.32 Å². The van der Waals surface area contributed by atoms with Gasteiger partial charge in [0.25, 0.3) is 0 Å². The third kappa shape index (κ3) is 5.64. The first kappa shape index (κ1) is 18.6. The van der Waals surface area contributed by atoms with E-state index in [-0.39, 0.29) is 11.9 Å². The average Bonchev–Trinajstić information content (AvgIpc) is 3.02. The van der Waals surface area contributed by atoms with Gasteiger partial charge in [0.1, 0.15) is 0 Å². The van der Waals surface area contributed by atoms with Crippen LogP contribution in [0.1, 0.15) is 23.4 Å². The predicted molar refractivity (Wildman–Crippen MR) is 107 cm³/mol. The zero-order chi connectivity index (χ0) is 17.6. The molecule has 1 aliphatic heterocycles. The minimum absolute atomic E-state index is 0.0484. The van der Waals surface area contributed by atoms with Crippen LogP contribution in [0.3, 0.4) is 0 Å². The molecule has 2 aromatic rings. The van der Waals surface area contributed by atoms with Crippen LogP contribution in [0.2, 0.25) is 0 Å². The van der Waals surface area contributed by atoms with Crippen LogP contribution in [0.15, 0.2) is 46.3 Å². The molecule has 2 heterocycles. The van der Waals surface area contributed by atoms with Gasteiger partial charge in [-0.25, -0.2) is 0 Å². The first-order valence-corrected chi connectivity index (χ1v) is 10.2. The highest BCUT2D eigenvalue weighted by Gasteiger charge is 2.20. The lowest BCUT2D eigenvalue weighted by atomic mass is 10.1. The van der Waals surface area contributed by atoms with Crippen LogP contribution in [0.4, 0.5) is 0 Å². The van der Waals surface area contributed by atoms with Gasteiger partial charge < -0.3 is 5.32 Å². The number of carbonyl (C=O) groups excluding carboxylic acids is 1. The second-order valence-electron chi connectivity index (χ2n) is 6.46. The van der Waals surface area contributed by atoms with E-state index in [0.29, 0.717) is 6.54 Å². The highest BCUT2D eigenvalue weighted by atomic mass is 79.9. The van der Waals surface area contributed by atoms with Crippen molar-refractivity contribution in [1.82, 2.24) is 15.1 Å². The van der Waals surface area contributed by atoms with Gasteiger partial charge in [-0.1, -0.05) is 30.3 Å². The number of amides is 1. The van der Waals surface area contributed by atoms with Gasteiger partial charge in [-0.3, -0.25) is 14.6 Å². The summed E-state index contributed by atoms with van der Waals surface area (Å²) in [6.07, 6.45) is 0. The van der Waals surface area contributed by atoms with E-state index in [4.69, 9.17) is 0 Å². The Kier molecular flexibility index (Phi) is 6.64. The fourth-order valence-electron chi connectivity index (χ4n) is 3.08. The molecule has 1 N–H and O–H groups in total. The zero-order valence-corrected chi connectivity index (χ0v) is 16.9. The highest BCUT2D eigenvalue weighted by Crippen LogP contribution is 2.23. The SMILES string of the molecule is C[C@@H](NC(=O)CN1CCN(Cc2ccc(Br)s2)CC1)c1ccccc1. The number of hydrogen-bond acceptors (Lipinski definition) is 4. The van der Waals surface area contributed by atoms with Crippen LogP contribution in [0, 0.1) is 0 Å². The van der Waals surface area contributed by atoms with Gasteiger partial charge in [-0.15, -0.1) is 11.3 Å². The molecule has 0 radical (unpaired) electrons. The van der Waals surface area contributed by atoms with Gasteiger partial charge in [0.2, 0.25) is 5.91 Å². The van der Waals surface area contributed by atoms with Gasteiger partial charge in [0.05, 0.1) is 16.4 Å². The summed E-state index contributed by atoms with van der Waals surface area (Å²) in [6.45, 7) is 7.43. The van der Waals surface area contributed by atoms with Gasteiger partial charge in [-0.2, -0.15) is 0 Å². The first-order chi connectivity index (χ1) is 12.1. The summed E-state index contributed by atoms with van der Waals surface area (Å²) in [5.74, 6) is 0.104. The molecule has 6 heteroatoms. The van der Waals surface area contributed by atoms with Crippen molar-refractivity contribution in [3.05, 3.63) is 56.7 Å². The molecule has 1 atom stereocenters. The maximum Gasteiger partial charge on any atom is 0.234 e. The van der Waals surface area contributed by atoms with E-state index in [0.717, 1.165) is 38.3 Å². The van der Waals surface area contributed by atoms with Crippen molar-refractivity contribution in [2.75, 3.05) is 32.7 Å². The second kappa shape index (κ2) is 8.94. The van der Waals surface area contributed by atoms with E-state index in [2.05, 4.69) is 43.2 Å². The molecule has 4 nitrogen and oxygen atoms in total. The Bertz CT molecular complexity index is 683. The maximum atomic E-state index is 12.3. The highest BCUT2D eigenvalue weighted by molar-refractivity contribution is 9.11. The summed E-state index contributed by atoms with van der Waals surface area (Å²) in [6, 6.07) is 14.4. The Balaban J connectivity index is 1.40. The molecular weight excluding hydrogens is 398 g/mol. The van der Waals surface area contributed by atoms with Crippen LogP contribution >= 0.6 is 27.3 Å². The van der Waals surface area contributed by atoms with Crippen molar-refractivity contribution in [2.24, 2.45) is 0 Å². The Labute approximate surface area is 162 Å². The van der Waals surface area contributed by atoms with Crippen molar-refractivity contribution < 1.29 is 4.79 Å². The van der Waals surface area contributed by atoms with Crippen LogP contribution in [0.25, 0.3) is 0 Å². The Morgan fingerprint density at radius 2 is 1.80 bits per heavy atom. The summed E-state index contributed by atoms with van der Waals surface area (Å²) < 4.78 is 1.19. The summed E-state index contributed by atoms with van der Waals surface area (Å²) in [7, 11) is 0. The van der Waals surface area contributed by atoms with E-state index in [9.17, 15) is 4.79 Å². The smallest absolute Gasteiger partial charge is 0.234 e. The largest absolute Gasteiger partial charge is 0.348 e. The minimum atomic E-state index is 0.0484. The molecule has 3 rings (SSSR count). The van der Waals surface area contributed by atoms with E-state index >= 15 is 0 Å². The maximum absolute atomic E-state index is 12.3. The molecule has 25 heavy (non-hydrogen) atoms. The fraction of sp³-hybridized carbons (Fsp3) is 0.421. The summed E-state index contributed by atoms with van der Waals surface area (Å²) in [5.41, 5.74) is 1.14. The molecule has 0 saturated carbocycles. The molecule has 0 aliphatic carbocycles. The fourth-order valence-corrected chi connectivity index (χ4v) is 4.60. The zero-order valence-electron chi connectivity index (χ0n) is 14.5. The average molecular weight is 422 g/mol. The molecule has 134 valence electrons. The van der Waals surface area contributed by atoms with Gasteiger partial charge in [-0.05, 0) is 40.5 Å². The van der Waals surface area contributed by atoms with Crippen molar-refractivity contribution in [3.8, 4) is 0 Å². The van der Waals surface area contributed by atoms with E-state index in [1.807, 2.05) is 37.3 Å². The number of thiophene rings is 1. The molecule has 1 amide bonds. The van der Waals surface area contributed by atoms with Crippen molar-refractivity contribution in [2.45, 2.75) is 19.5 Å². The van der Waals surface area contributed by atoms with Crippen LogP contribution in [-0.2, 0) is 11.3 Å². The number of piperazine rings is 1. The molecule has 1 saturated heterocycles. The standard InChI is InChI=1S/C19H24BrN3OS/c1-15(16-5-3-2-4-6-16)21-19(24)14-23-11-9-22(10-12-23)13-17-7-8-18(20)25-17/h2-8,15H,9-14H2,1H3,(H,21,24)/t15-/m1/s1. The number of nitrogens with zero attached hydrogens (tertiary/aromatic N) is 2. The third-order valence-corrected chi connectivity index (χ3v) is 6.13. The topological polar surface area (TPSA) is 35.6 Å². The monoisotopic (exact) mass is 421 g/mol. The Morgan fingerprint density at radius 1 is 1.12 bits per heavy atom. The van der Waals surface area contributed by atoms with Crippen LogP contribution in [-0.4, -0.2) is 48.4 Å². The number of halogens is 1. The van der Waals surface area contributed by atoms with E-state index < -0.39 is 0 Å². The van der Waals surface area contributed by atoms with Gasteiger partial charge in [0.15, 0.2) is 0 Å². The van der Waals surface area contributed by atoms with E-state index in [1.165, 1.54) is 8.66 Å². The second-order valence-corrected chi connectivity index (χ2v) is 9.01. The summed E-state index contributed by atoms with van der Waals surface area (Å²) >= 11 is 5.31. The molecule has 0 spiro atoms. The Hall–Kier alpha value is -1.21. The summed E-state index contributed by atoms with van der Waals surface area (Å²) in [5, 5.41) is 3.10. The normalized spacial score (nSPS) is 17.4. The summed E-state index contributed by atoms with van der Waals surface area (Å²) in [4.78, 5) is 18.4. The molecule has 1 aliphatic rings. The number of nitrogens with one attached hydrogen (secondary N) is 1. The quantitative estimate of drug-likeness (QED) is 0.774. The molecule has 0 bridgehead atoms. The number of rotatable bonds is 6. The Morgan fingerprint density at radius 3 is 2.44 bits per heavy atom. The number of hydrogen-bond donors (Lipinski definition) is 1. The lowest BCUT2D eigenvalue weighted by molar-refractivity contribution is -0.123. The number of carbonyl (C=O) groups is 1. The molecule has 1 aromatic heterocycles. The molecular formula is C19H24BrN3OS. The van der Waals surface area contributed by atoms with Gasteiger partial charge >= 0.3 is 0 Å². The molecule has 1 fully saturated rings. The van der Waals surface area contributed by atoms with Gasteiger partial charge in [0, 0.05) is 37.6 Å². The predicted octanol–water partition coefficient (Wildman–Crippen LogP) is 3.51. The molecule has 0 unspecified atom stereocenters. The molecule has 1 aromatic carbocycles. The van der Waals surface area contributed by atoms with Crippen LogP contribution in [0.5, 0.6) is 0 Å². The lowest BCUT2D eigenvalue weighted by Gasteiger charge is -2.34. The van der Waals surface area contributed by atoms with E-state index in [1.54, 1.807) is 11.3 Å². The minimum Gasteiger partial charge on any atom is -0.348 e. The number of benzene rings is 1. The third-order valence-electron chi connectivity index (χ3n) is 4.52. The van der Waals surface area contributed by atoms with Crippen molar-refractivity contribution in [1.29, 1.82) is 0 Å². The first-order valence-electron chi connectivity index (χ1n) is 8.63.